The molecular weight excluding hydrogens is 685 g/mol. The summed E-state index contributed by atoms with van der Waals surface area (Å²) in [6.07, 6.45) is 0.939. The minimum atomic E-state index is -2.76. The average molecular weight is 727 g/mol. The van der Waals surface area contributed by atoms with Crippen molar-refractivity contribution in [1.82, 2.24) is 0 Å². The predicted molar refractivity (Wildman–Crippen MR) is 233 cm³/mol. The number of aryl methyl sites for hydroxylation is 1. The summed E-state index contributed by atoms with van der Waals surface area (Å²) in [6.45, 7) is 2.18. The van der Waals surface area contributed by atoms with Gasteiger partial charge < -0.3 is 4.74 Å². The van der Waals surface area contributed by atoms with Crippen LogP contribution >= 0.6 is 0 Å². The van der Waals surface area contributed by atoms with E-state index in [0.717, 1.165) is 12.2 Å². The molecular formula is C51H42OSi2. The minimum Gasteiger partial charge on any atom is -0.497 e. The first-order valence-corrected chi connectivity index (χ1v) is 22.8. The van der Waals surface area contributed by atoms with Crippen molar-refractivity contribution in [2.75, 3.05) is 7.11 Å². The van der Waals surface area contributed by atoms with Gasteiger partial charge in [0, 0.05) is 0 Å². The van der Waals surface area contributed by atoms with Crippen LogP contribution in [0.25, 0.3) is 11.1 Å². The van der Waals surface area contributed by atoms with Gasteiger partial charge in [0.1, 0.15) is 5.75 Å². The third-order valence-corrected chi connectivity index (χ3v) is 21.1. The van der Waals surface area contributed by atoms with Crippen LogP contribution in [0.15, 0.2) is 206 Å². The van der Waals surface area contributed by atoms with Crippen LogP contribution in [0.4, 0.5) is 0 Å². The number of fused-ring (bicyclic) bond motifs is 3. The lowest BCUT2D eigenvalue weighted by atomic mass is 10.1. The summed E-state index contributed by atoms with van der Waals surface area (Å²) in [5, 5.41) is 11.1. The largest absolute Gasteiger partial charge is 0.497 e. The first-order chi connectivity index (χ1) is 26.6. The Labute approximate surface area is 321 Å². The Hall–Kier alpha value is -6.01. The van der Waals surface area contributed by atoms with Gasteiger partial charge in [0.05, 0.1) is 7.11 Å². The second-order valence-corrected chi connectivity index (χ2v) is 22.1. The SMILES string of the molecule is COc1ccc([Si](c2ccccc2)(c2ccccc2)c2ccc3c(c2)-c2cc([Si](c4ccccc4)(c4ccccc4)c4ccc(C)cc4)ccc2C3)cc1. The lowest BCUT2D eigenvalue weighted by molar-refractivity contribution is 0.415. The Balaban J connectivity index is 1.30. The molecule has 0 saturated heterocycles. The van der Waals surface area contributed by atoms with E-state index >= 15 is 0 Å². The molecule has 0 amide bonds. The van der Waals surface area contributed by atoms with Crippen LogP contribution in [0.5, 0.6) is 5.75 Å². The van der Waals surface area contributed by atoms with Crippen LogP contribution in [-0.2, 0) is 6.42 Å². The van der Waals surface area contributed by atoms with E-state index in [1.165, 1.54) is 69.3 Å². The van der Waals surface area contributed by atoms with Crippen molar-refractivity contribution in [2.45, 2.75) is 13.3 Å². The molecule has 0 bridgehead atoms. The Morgan fingerprint density at radius 2 is 0.667 bits per heavy atom. The molecule has 9 rings (SSSR count). The van der Waals surface area contributed by atoms with E-state index in [1.807, 2.05) is 0 Å². The molecule has 260 valence electrons. The Bertz CT molecular complexity index is 2450. The number of ether oxygens (including phenoxy) is 1. The molecule has 0 aromatic heterocycles. The standard InChI is InChI=1S/C51H42OSi2/c1-38-23-29-46(30-24-38)53(42-15-7-3-8-16-42,43-17-9-4-10-18-43)48-31-25-39-35-40-26-32-49(37-51(40)50(39)36-48)54(44-19-11-5-12-20-44,45-21-13-6-14-22-45)47-33-27-41(52-2)28-34-47/h3-34,36-37H,35H2,1-2H3. The van der Waals surface area contributed by atoms with Gasteiger partial charge in [-0.2, -0.15) is 0 Å². The maximum atomic E-state index is 5.66. The van der Waals surface area contributed by atoms with Crippen molar-refractivity contribution in [3.05, 3.63) is 223 Å². The zero-order chi connectivity index (χ0) is 36.5. The summed E-state index contributed by atoms with van der Waals surface area (Å²) in [7, 11) is -3.73. The molecule has 0 saturated carbocycles. The quantitative estimate of drug-likeness (QED) is 0.125. The fraction of sp³-hybridized carbons (Fsp3) is 0.0588. The predicted octanol–water partition coefficient (Wildman–Crippen LogP) is 6.33. The second kappa shape index (κ2) is 14.1. The molecule has 0 unspecified atom stereocenters. The highest BCUT2D eigenvalue weighted by Crippen LogP contribution is 2.36. The van der Waals surface area contributed by atoms with Gasteiger partial charge in [-0.1, -0.05) is 200 Å². The summed E-state index contributed by atoms with van der Waals surface area (Å²) in [5.74, 6) is 0.872. The highest BCUT2D eigenvalue weighted by Gasteiger charge is 2.44. The number of benzene rings is 8. The number of rotatable bonds is 9. The van der Waals surface area contributed by atoms with Crippen LogP contribution < -0.4 is 46.2 Å². The number of hydrogen-bond acceptors (Lipinski definition) is 1. The van der Waals surface area contributed by atoms with Gasteiger partial charge in [-0.3, -0.25) is 0 Å². The molecule has 0 fully saturated rings. The molecule has 8 aromatic carbocycles. The maximum Gasteiger partial charge on any atom is 0.179 e. The highest BCUT2D eigenvalue weighted by molar-refractivity contribution is 7.20. The molecule has 0 radical (unpaired) electrons. The molecule has 8 aromatic rings. The van der Waals surface area contributed by atoms with Gasteiger partial charge in [0.15, 0.2) is 16.1 Å². The highest BCUT2D eigenvalue weighted by atomic mass is 28.3. The topological polar surface area (TPSA) is 9.23 Å². The Morgan fingerprint density at radius 3 is 1.02 bits per heavy atom. The van der Waals surface area contributed by atoms with Gasteiger partial charge in [-0.25, -0.2) is 0 Å². The van der Waals surface area contributed by atoms with E-state index in [-0.39, 0.29) is 0 Å². The third-order valence-electron chi connectivity index (χ3n) is 11.6. The number of hydrogen-bond donors (Lipinski definition) is 0. The monoisotopic (exact) mass is 726 g/mol. The zero-order valence-electron chi connectivity index (χ0n) is 30.7. The van der Waals surface area contributed by atoms with Gasteiger partial charge in [0.2, 0.25) is 0 Å². The molecule has 0 aliphatic heterocycles. The van der Waals surface area contributed by atoms with E-state index in [4.69, 9.17) is 4.74 Å². The molecule has 1 nitrogen and oxygen atoms in total. The van der Waals surface area contributed by atoms with E-state index in [0.29, 0.717) is 0 Å². The van der Waals surface area contributed by atoms with Crippen LogP contribution in [0, 0.1) is 6.92 Å². The average Bonchev–Trinajstić information content (AvgIpc) is 3.61. The fourth-order valence-corrected chi connectivity index (χ4v) is 18.5. The van der Waals surface area contributed by atoms with Crippen molar-refractivity contribution in [2.24, 2.45) is 0 Å². The van der Waals surface area contributed by atoms with E-state index in [2.05, 4.69) is 213 Å². The lowest BCUT2D eigenvalue weighted by Gasteiger charge is -2.35. The van der Waals surface area contributed by atoms with Crippen molar-refractivity contribution >= 4 is 57.6 Å². The maximum absolute atomic E-state index is 5.66. The van der Waals surface area contributed by atoms with Crippen molar-refractivity contribution in [1.29, 1.82) is 0 Å². The smallest absolute Gasteiger partial charge is 0.179 e. The Kier molecular flexibility index (Phi) is 8.82. The molecule has 1 aliphatic rings. The molecule has 0 spiro atoms. The summed E-state index contributed by atoms with van der Waals surface area (Å²) >= 11 is 0. The lowest BCUT2D eigenvalue weighted by Crippen LogP contribution is -2.74. The molecule has 54 heavy (non-hydrogen) atoms. The van der Waals surface area contributed by atoms with Crippen LogP contribution in [0.2, 0.25) is 0 Å². The second-order valence-electron chi connectivity index (χ2n) is 14.5. The van der Waals surface area contributed by atoms with Gasteiger partial charge in [-0.15, -0.1) is 0 Å². The zero-order valence-corrected chi connectivity index (χ0v) is 32.7. The van der Waals surface area contributed by atoms with Gasteiger partial charge >= 0.3 is 0 Å². The normalized spacial score (nSPS) is 12.2. The summed E-state index contributed by atoms with van der Waals surface area (Å²) in [5.41, 5.74) is 6.79. The molecule has 0 atom stereocenters. The summed E-state index contributed by atoms with van der Waals surface area (Å²) in [6, 6.07) is 78.0. The molecule has 1 aliphatic carbocycles. The van der Waals surface area contributed by atoms with Crippen LogP contribution in [-0.4, -0.2) is 23.3 Å². The fourth-order valence-electron chi connectivity index (χ4n) is 9.03. The van der Waals surface area contributed by atoms with E-state index in [1.54, 1.807) is 7.11 Å². The van der Waals surface area contributed by atoms with Gasteiger partial charge in [-0.05, 0) is 89.2 Å². The number of methoxy groups -OCH3 is 1. The first kappa shape index (κ1) is 33.8. The van der Waals surface area contributed by atoms with Crippen molar-refractivity contribution < 1.29 is 4.74 Å². The molecule has 0 heterocycles. The van der Waals surface area contributed by atoms with Crippen LogP contribution in [0.1, 0.15) is 16.7 Å². The first-order valence-electron chi connectivity index (χ1n) is 18.8. The molecule has 3 heteroatoms. The minimum absolute atomic E-state index is 0.872. The van der Waals surface area contributed by atoms with E-state index in [9.17, 15) is 0 Å². The third kappa shape index (κ3) is 5.51. The summed E-state index contributed by atoms with van der Waals surface area (Å²) in [4.78, 5) is 0. The Morgan fingerprint density at radius 1 is 0.352 bits per heavy atom. The van der Waals surface area contributed by atoms with Crippen molar-refractivity contribution in [3.8, 4) is 16.9 Å². The molecule has 0 N–H and O–H groups in total. The van der Waals surface area contributed by atoms with E-state index < -0.39 is 16.1 Å². The summed E-state index contributed by atoms with van der Waals surface area (Å²) < 4.78 is 5.66. The van der Waals surface area contributed by atoms with Crippen molar-refractivity contribution in [3.63, 3.8) is 0 Å². The van der Waals surface area contributed by atoms with Gasteiger partial charge in [0.25, 0.3) is 0 Å². The van der Waals surface area contributed by atoms with Crippen LogP contribution in [0.3, 0.4) is 0 Å².